The molecule has 106 valence electrons. The zero-order chi connectivity index (χ0) is 13.4. The number of nitrogens with one attached hydrogen (secondary N) is 1. The highest BCUT2D eigenvalue weighted by atomic mass is 16.2. The summed E-state index contributed by atoms with van der Waals surface area (Å²) >= 11 is 0. The van der Waals surface area contributed by atoms with Gasteiger partial charge in [-0.25, -0.2) is 0 Å². The minimum absolute atomic E-state index is 0.107. The van der Waals surface area contributed by atoms with E-state index in [1.165, 1.54) is 19.3 Å². The third-order valence-corrected chi connectivity index (χ3v) is 4.96. The van der Waals surface area contributed by atoms with E-state index in [1.807, 2.05) is 4.90 Å². The third kappa shape index (κ3) is 2.77. The molecule has 19 heavy (non-hydrogen) atoms. The van der Waals surface area contributed by atoms with Crippen LogP contribution >= 0.6 is 0 Å². The summed E-state index contributed by atoms with van der Waals surface area (Å²) in [6.07, 6.45) is 7.48. The topological polar surface area (TPSA) is 49.4 Å². The molecule has 4 nitrogen and oxygen atoms in total. The van der Waals surface area contributed by atoms with Crippen LogP contribution < -0.4 is 5.32 Å². The third-order valence-electron chi connectivity index (χ3n) is 4.96. The number of carbonyl (C=O) groups is 2. The van der Waals surface area contributed by atoms with Crippen LogP contribution in [-0.4, -0.2) is 35.3 Å². The van der Waals surface area contributed by atoms with Gasteiger partial charge in [-0.1, -0.05) is 19.8 Å². The van der Waals surface area contributed by atoms with Crippen LogP contribution in [-0.2, 0) is 9.59 Å². The van der Waals surface area contributed by atoms with E-state index in [-0.39, 0.29) is 17.7 Å². The monoisotopic (exact) mass is 264 g/mol. The van der Waals surface area contributed by atoms with E-state index < -0.39 is 0 Å². The molecule has 0 radical (unpaired) electrons. The first kappa shape index (κ1) is 12.9. The Morgan fingerprint density at radius 1 is 1.21 bits per heavy atom. The Morgan fingerprint density at radius 2 is 1.95 bits per heavy atom. The van der Waals surface area contributed by atoms with Gasteiger partial charge in [0, 0.05) is 25.0 Å². The summed E-state index contributed by atoms with van der Waals surface area (Å²) in [6.45, 7) is 2.87. The maximum absolute atomic E-state index is 12.3. The number of nitrogens with zero attached hydrogens (tertiary/aromatic N) is 1. The maximum Gasteiger partial charge on any atom is 0.225 e. The Hall–Kier alpha value is -1.06. The van der Waals surface area contributed by atoms with Crippen LogP contribution in [0.3, 0.4) is 0 Å². The molecule has 0 aromatic heterocycles. The molecular weight excluding hydrogens is 240 g/mol. The van der Waals surface area contributed by atoms with E-state index in [1.54, 1.807) is 0 Å². The normalized spacial score (nSPS) is 35.5. The van der Waals surface area contributed by atoms with Gasteiger partial charge in [0.25, 0.3) is 0 Å². The van der Waals surface area contributed by atoms with Crippen molar-refractivity contribution in [1.82, 2.24) is 10.2 Å². The minimum Gasteiger partial charge on any atom is -0.353 e. The Balaban J connectivity index is 1.54. The standard InChI is InChI=1S/C15H24N2O2/c1-10-4-2-3-5-13(10)16-15(19)11-8-14(18)17(9-11)12-6-7-12/h10-13H,2-9H2,1H3,(H,16,19). The van der Waals surface area contributed by atoms with Crippen LogP contribution in [0.2, 0.25) is 0 Å². The molecule has 0 bridgehead atoms. The molecule has 1 heterocycles. The van der Waals surface area contributed by atoms with Gasteiger partial charge in [-0.15, -0.1) is 0 Å². The summed E-state index contributed by atoms with van der Waals surface area (Å²) in [6, 6.07) is 0.769. The number of carbonyl (C=O) groups excluding carboxylic acids is 2. The SMILES string of the molecule is CC1CCCCC1NC(=O)C1CC(=O)N(C2CC2)C1. The fourth-order valence-corrected chi connectivity index (χ4v) is 3.48. The molecule has 0 spiro atoms. The smallest absolute Gasteiger partial charge is 0.225 e. The van der Waals surface area contributed by atoms with E-state index in [0.29, 0.717) is 31.0 Å². The van der Waals surface area contributed by atoms with Gasteiger partial charge < -0.3 is 10.2 Å². The zero-order valence-corrected chi connectivity index (χ0v) is 11.7. The predicted molar refractivity (Wildman–Crippen MR) is 72.4 cm³/mol. The van der Waals surface area contributed by atoms with Gasteiger partial charge in [0.2, 0.25) is 11.8 Å². The van der Waals surface area contributed by atoms with Crippen molar-refractivity contribution in [2.75, 3.05) is 6.54 Å². The Kier molecular flexibility index (Phi) is 3.50. The lowest BCUT2D eigenvalue weighted by atomic mass is 9.85. The van der Waals surface area contributed by atoms with E-state index in [4.69, 9.17) is 0 Å². The fourth-order valence-electron chi connectivity index (χ4n) is 3.48. The summed E-state index contributed by atoms with van der Waals surface area (Å²) in [7, 11) is 0. The van der Waals surface area contributed by atoms with Gasteiger partial charge >= 0.3 is 0 Å². The number of hydrogen-bond acceptors (Lipinski definition) is 2. The van der Waals surface area contributed by atoms with Crippen molar-refractivity contribution in [2.24, 2.45) is 11.8 Å². The summed E-state index contributed by atoms with van der Waals surface area (Å²) < 4.78 is 0. The first-order valence-corrected chi connectivity index (χ1v) is 7.75. The van der Waals surface area contributed by atoms with Crippen molar-refractivity contribution >= 4 is 11.8 Å². The Bertz CT molecular complexity index is 378. The first-order valence-electron chi connectivity index (χ1n) is 7.75. The second-order valence-electron chi connectivity index (χ2n) is 6.56. The summed E-state index contributed by atoms with van der Waals surface area (Å²) in [5.74, 6) is 0.756. The molecule has 3 unspecified atom stereocenters. The van der Waals surface area contributed by atoms with Crippen molar-refractivity contribution < 1.29 is 9.59 Å². The molecule has 3 fully saturated rings. The first-order chi connectivity index (χ1) is 9.15. The van der Waals surface area contributed by atoms with E-state index in [9.17, 15) is 9.59 Å². The lowest BCUT2D eigenvalue weighted by Gasteiger charge is -2.30. The summed E-state index contributed by atoms with van der Waals surface area (Å²) in [4.78, 5) is 26.1. The van der Waals surface area contributed by atoms with E-state index in [0.717, 1.165) is 19.3 Å². The van der Waals surface area contributed by atoms with Gasteiger partial charge in [-0.2, -0.15) is 0 Å². The van der Waals surface area contributed by atoms with Crippen LogP contribution in [0.5, 0.6) is 0 Å². The average molecular weight is 264 g/mol. The quantitative estimate of drug-likeness (QED) is 0.843. The van der Waals surface area contributed by atoms with Gasteiger partial charge in [0.05, 0.1) is 5.92 Å². The second kappa shape index (κ2) is 5.14. The molecule has 1 N–H and O–H groups in total. The maximum atomic E-state index is 12.3. The highest BCUT2D eigenvalue weighted by molar-refractivity contribution is 5.89. The van der Waals surface area contributed by atoms with Crippen molar-refractivity contribution in [2.45, 2.75) is 64.0 Å². The lowest BCUT2D eigenvalue weighted by molar-refractivity contribution is -0.129. The van der Waals surface area contributed by atoms with Crippen molar-refractivity contribution in [1.29, 1.82) is 0 Å². The number of rotatable bonds is 3. The fraction of sp³-hybridized carbons (Fsp3) is 0.867. The molecule has 1 saturated heterocycles. The molecule has 3 aliphatic rings. The number of hydrogen-bond donors (Lipinski definition) is 1. The van der Waals surface area contributed by atoms with Crippen LogP contribution in [0.15, 0.2) is 0 Å². The van der Waals surface area contributed by atoms with E-state index >= 15 is 0 Å². The van der Waals surface area contributed by atoms with Crippen LogP contribution in [0.1, 0.15) is 51.9 Å². The molecule has 4 heteroatoms. The molecular formula is C15H24N2O2. The summed E-state index contributed by atoms with van der Waals surface area (Å²) in [5.41, 5.74) is 0. The van der Waals surface area contributed by atoms with Gasteiger partial charge in [-0.3, -0.25) is 9.59 Å². The summed E-state index contributed by atoms with van der Waals surface area (Å²) in [5, 5.41) is 3.19. The molecule has 0 aromatic rings. The Morgan fingerprint density at radius 3 is 2.63 bits per heavy atom. The highest BCUT2D eigenvalue weighted by Gasteiger charge is 2.42. The second-order valence-corrected chi connectivity index (χ2v) is 6.56. The Labute approximate surface area is 114 Å². The molecule has 2 saturated carbocycles. The molecule has 0 aromatic carbocycles. The van der Waals surface area contributed by atoms with Gasteiger partial charge in [0.1, 0.15) is 0 Å². The number of amides is 2. The molecule has 2 aliphatic carbocycles. The van der Waals surface area contributed by atoms with Crippen molar-refractivity contribution in [3.05, 3.63) is 0 Å². The van der Waals surface area contributed by atoms with Crippen LogP contribution in [0.4, 0.5) is 0 Å². The molecule has 2 amide bonds. The van der Waals surface area contributed by atoms with Crippen LogP contribution in [0.25, 0.3) is 0 Å². The molecule has 1 aliphatic heterocycles. The highest BCUT2D eigenvalue weighted by Crippen LogP contribution is 2.33. The van der Waals surface area contributed by atoms with Crippen molar-refractivity contribution in [3.63, 3.8) is 0 Å². The van der Waals surface area contributed by atoms with E-state index in [2.05, 4.69) is 12.2 Å². The van der Waals surface area contributed by atoms with Gasteiger partial charge in [0.15, 0.2) is 0 Å². The largest absolute Gasteiger partial charge is 0.353 e. The van der Waals surface area contributed by atoms with Crippen molar-refractivity contribution in [3.8, 4) is 0 Å². The average Bonchev–Trinajstić information content (AvgIpc) is 3.15. The number of likely N-dealkylation sites (tertiary alicyclic amines) is 1. The molecule has 3 rings (SSSR count). The minimum atomic E-state index is -0.109. The molecule has 3 atom stereocenters. The van der Waals surface area contributed by atoms with Gasteiger partial charge in [-0.05, 0) is 31.6 Å². The van der Waals surface area contributed by atoms with Crippen LogP contribution in [0, 0.1) is 11.8 Å². The lowest BCUT2D eigenvalue weighted by Crippen LogP contribution is -2.44. The zero-order valence-electron chi connectivity index (χ0n) is 11.7. The predicted octanol–water partition coefficient (Wildman–Crippen LogP) is 1.69.